The van der Waals surface area contributed by atoms with Gasteiger partial charge in [-0.15, -0.1) is 22.0 Å². The van der Waals surface area contributed by atoms with E-state index < -0.39 is 0 Å². The molecule has 8 heteroatoms. The summed E-state index contributed by atoms with van der Waals surface area (Å²) in [5.41, 5.74) is 2.57. The Bertz CT molecular complexity index is 869. The molecule has 0 radical (unpaired) electrons. The van der Waals surface area contributed by atoms with Gasteiger partial charge in [-0.05, 0) is 32.4 Å². The molecular weight excluding hydrogens is 356 g/mol. The quantitative estimate of drug-likeness (QED) is 0.650. The lowest BCUT2D eigenvalue weighted by Gasteiger charge is -2.08. The number of amides is 1. The highest BCUT2D eigenvalue weighted by molar-refractivity contribution is 7.98. The van der Waals surface area contributed by atoms with E-state index in [1.807, 2.05) is 45.0 Å². The molecule has 0 fully saturated rings. The average Bonchev–Trinajstić information content (AvgIpc) is 3.20. The minimum absolute atomic E-state index is 0.180. The Morgan fingerprint density at radius 1 is 1.28 bits per heavy atom. The van der Waals surface area contributed by atoms with Gasteiger partial charge in [0.2, 0.25) is 5.13 Å². The summed E-state index contributed by atoms with van der Waals surface area (Å²) in [7, 11) is 0. The topological polar surface area (TPSA) is 80.9 Å². The Morgan fingerprint density at radius 2 is 2.08 bits per heavy atom. The first kappa shape index (κ1) is 17.6. The summed E-state index contributed by atoms with van der Waals surface area (Å²) in [4.78, 5) is 13.5. The standard InChI is InChI=1S/C17H18N4O2S2/c1-4-15-19-20-17(25-15)18-16(22)12-7-5-6-8-14(12)24-9-13-10(2)21-23-11(13)3/h5-8H,4,9H2,1-3H3,(H,18,20,22). The van der Waals surface area contributed by atoms with Crippen LogP contribution in [-0.2, 0) is 12.2 Å². The van der Waals surface area contributed by atoms with Crippen molar-refractivity contribution in [3.63, 3.8) is 0 Å². The monoisotopic (exact) mass is 374 g/mol. The van der Waals surface area contributed by atoms with Crippen molar-refractivity contribution in [1.82, 2.24) is 15.4 Å². The van der Waals surface area contributed by atoms with Crippen LogP contribution in [0.5, 0.6) is 0 Å². The molecule has 6 nitrogen and oxygen atoms in total. The molecule has 1 amide bonds. The number of hydrogen-bond acceptors (Lipinski definition) is 7. The molecule has 0 spiro atoms. The summed E-state index contributed by atoms with van der Waals surface area (Å²) < 4.78 is 5.20. The zero-order valence-corrected chi connectivity index (χ0v) is 15.8. The minimum Gasteiger partial charge on any atom is -0.361 e. The lowest BCUT2D eigenvalue weighted by Crippen LogP contribution is -2.12. The van der Waals surface area contributed by atoms with E-state index >= 15 is 0 Å². The Kier molecular flexibility index (Phi) is 5.50. The van der Waals surface area contributed by atoms with Crippen molar-refractivity contribution >= 4 is 34.1 Å². The molecule has 0 saturated heterocycles. The summed E-state index contributed by atoms with van der Waals surface area (Å²) in [6, 6.07) is 7.53. The summed E-state index contributed by atoms with van der Waals surface area (Å²) in [6.45, 7) is 5.83. The number of aromatic nitrogens is 3. The number of nitrogens with zero attached hydrogens (tertiary/aromatic N) is 3. The zero-order valence-electron chi connectivity index (χ0n) is 14.2. The van der Waals surface area contributed by atoms with Crippen molar-refractivity contribution in [2.45, 2.75) is 37.8 Å². The number of aryl methyl sites for hydroxylation is 3. The van der Waals surface area contributed by atoms with E-state index in [2.05, 4.69) is 20.7 Å². The van der Waals surface area contributed by atoms with Crippen molar-refractivity contribution in [2.24, 2.45) is 0 Å². The SMILES string of the molecule is CCc1nnc(NC(=O)c2ccccc2SCc2c(C)noc2C)s1. The highest BCUT2D eigenvalue weighted by Crippen LogP contribution is 2.29. The molecule has 0 atom stereocenters. The fourth-order valence-electron chi connectivity index (χ4n) is 2.25. The molecule has 130 valence electrons. The number of thioether (sulfide) groups is 1. The minimum atomic E-state index is -0.180. The smallest absolute Gasteiger partial charge is 0.258 e. The van der Waals surface area contributed by atoms with Crippen LogP contribution in [0.2, 0.25) is 0 Å². The molecule has 1 aromatic carbocycles. The van der Waals surface area contributed by atoms with Gasteiger partial charge in [-0.25, -0.2) is 0 Å². The van der Waals surface area contributed by atoms with Gasteiger partial charge in [0, 0.05) is 16.2 Å². The van der Waals surface area contributed by atoms with Crippen LogP contribution in [-0.4, -0.2) is 21.3 Å². The molecule has 3 rings (SSSR count). The molecular formula is C17H18N4O2S2. The molecule has 3 aromatic rings. The normalized spacial score (nSPS) is 10.8. The second-order valence-electron chi connectivity index (χ2n) is 5.40. The van der Waals surface area contributed by atoms with Gasteiger partial charge in [-0.2, -0.15) is 0 Å². The Hall–Kier alpha value is -2.19. The first-order valence-corrected chi connectivity index (χ1v) is 9.66. The average molecular weight is 374 g/mol. The number of anilines is 1. The fraction of sp³-hybridized carbons (Fsp3) is 0.294. The van der Waals surface area contributed by atoms with Gasteiger partial charge in [0.15, 0.2) is 0 Å². The molecule has 0 aliphatic carbocycles. The van der Waals surface area contributed by atoms with Crippen LogP contribution in [0.15, 0.2) is 33.7 Å². The van der Waals surface area contributed by atoms with Crippen molar-refractivity contribution in [3.8, 4) is 0 Å². The van der Waals surface area contributed by atoms with Crippen molar-refractivity contribution in [1.29, 1.82) is 0 Å². The third-order valence-electron chi connectivity index (χ3n) is 3.67. The largest absolute Gasteiger partial charge is 0.361 e. The summed E-state index contributed by atoms with van der Waals surface area (Å²) >= 11 is 2.98. The Balaban J connectivity index is 1.74. The van der Waals surface area contributed by atoms with Crippen LogP contribution in [0.1, 0.15) is 39.3 Å². The molecule has 25 heavy (non-hydrogen) atoms. The van der Waals surface area contributed by atoms with Crippen molar-refractivity contribution < 1.29 is 9.32 Å². The van der Waals surface area contributed by atoms with Crippen LogP contribution in [0.4, 0.5) is 5.13 Å². The molecule has 1 N–H and O–H groups in total. The highest BCUT2D eigenvalue weighted by Gasteiger charge is 2.15. The molecule has 0 saturated carbocycles. The first-order valence-electron chi connectivity index (χ1n) is 7.85. The van der Waals surface area contributed by atoms with Gasteiger partial charge < -0.3 is 4.52 Å². The van der Waals surface area contributed by atoms with Crippen molar-refractivity contribution in [2.75, 3.05) is 5.32 Å². The maximum Gasteiger partial charge on any atom is 0.258 e. The second-order valence-corrected chi connectivity index (χ2v) is 7.48. The van der Waals surface area contributed by atoms with Crippen LogP contribution < -0.4 is 5.32 Å². The highest BCUT2D eigenvalue weighted by atomic mass is 32.2. The van der Waals surface area contributed by atoms with E-state index in [0.717, 1.165) is 33.3 Å². The predicted molar refractivity (Wildman–Crippen MR) is 99.2 cm³/mol. The fourth-order valence-corrected chi connectivity index (χ4v) is 4.13. The maximum absolute atomic E-state index is 12.6. The predicted octanol–water partition coefficient (Wildman–Crippen LogP) is 4.25. The van der Waals surface area contributed by atoms with Crippen LogP contribution in [0.25, 0.3) is 0 Å². The number of rotatable bonds is 6. The van der Waals surface area contributed by atoms with Crippen LogP contribution in [0.3, 0.4) is 0 Å². The van der Waals surface area contributed by atoms with Gasteiger partial charge in [0.25, 0.3) is 5.91 Å². The lowest BCUT2D eigenvalue weighted by molar-refractivity contribution is 0.102. The van der Waals surface area contributed by atoms with E-state index in [-0.39, 0.29) is 5.91 Å². The van der Waals surface area contributed by atoms with E-state index in [0.29, 0.717) is 16.4 Å². The number of benzene rings is 1. The summed E-state index contributed by atoms with van der Waals surface area (Å²) in [5, 5.41) is 16.2. The van der Waals surface area contributed by atoms with E-state index in [1.165, 1.54) is 11.3 Å². The molecule has 0 unspecified atom stereocenters. The van der Waals surface area contributed by atoms with Crippen LogP contribution >= 0.6 is 23.1 Å². The van der Waals surface area contributed by atoms with E-state index in [9.17, 15) is 4.79 Å². The zero-order chi connectivity index (χ0) is 17.8. The molecule has 2 heterocycles. The lowest BCUT2D eigenvalue weighted by atomic mass is 10.2. The van der Waals surface area contributed by atoms with E-state index in [1.54, 1.807) is 11.8 Å². The van der Waals surface area contributed by atoms with Gasteiger partial charge in [0.05, 0.1) is 11.3 Å². The van der Waals surface area contributed by atoms with Crippen molar-refractivity contribution in [3.05, 3.63) is 51.9 Å². The van der Waals surface area contributed by atoms with Crippen LogP contribution in [0, 0.1) is 13.8 Å². The Labute approximate surface area is 154 Å². The molecule has 2 aromatic heterocycles. The van der Waals surface area contributed by atoms with Gasteiger partial charge in [-0.1, -0.05) is 35.5 Å². The number of nitrogens with one attached hydrogen (secondary N) is 1. The number of carbonyl (C=O) groups excluding carboxylic acids is 1. The van der Waals surface area contributed by atoms with Gasteiger partial charge >= 0.3 is 0 Å². The third kappa shape index (κ3) is 4.08. The van der Waals surface area contributed by atoms with E-state index in [4.69, 9.17) is 4.52 Å². The molecule has 0 aliphatic heterocycles. The molecule has 0 aliphatic rings. The maximum atomic E-state index is 12.6. The summed E-state index contributed by atoms with van der Waals surface area (Å²) in [6.07, 6.45) is 0.803. The molecule has 0 bridgehead atoms. The summed E-state index contributed by atoms with van der Waals surface area (Å²) in [5.74, 6) is 1.33. The second kappa shape index (κ2) is 7.79. The third-order valence-corrected chi connectivity index (χ3v) is 5.76. The Morgan fingerprint density at radius 3 is 2.76 bits per heavy atom. The number of carbonyl (C=O) groups is 1. The first-order chi connectivity index (χ1) is 12.1. The van der Waals surface area contributed by atoms with Gasteiger partial charge in [-0.3, -0.25) is 10.1 Å². The number of hydrogen-bond donors (Lipinski definition) is 1. The van der Waals surface area contributed by atoms with Gasteiger partial charge in [0.1, 0.15) is 10.8 Å².